The maximum atomic E-state index is 13.7. The van der Waals surface area contributed by atoms with Crippen molar-refractivity contribution < 1.29 is 14.0 Å². The molecule has 0 fully saturated rings. The van der Waals surface area contributed by atoms with Gasteiger partial charge in [-0.3, -0.25) is 9.59 Å². The molecule has 0 radical (unpaired) electrons. The van der Waals surface area contributed by atoms with E-state index in [2.05, 4.69) is 5.32 Å². The minimum absolute atomic E-state index is 0.00479. The summed E-state index contributed by atoms with van der Waals surface area (Å²) < 4.78 is 13.7. The van der Waals surface area contributed by atoms with Crippen LogP contribution in [0.3, 0.4) is 0 Å². The van der Waals surface area contributed by atoms with Crippen molar-refractivity contribution in [3.63, 3.8) is 0 Å². The smallest absolute Gasteiger partial charge is 0.258 e. The summed E-state index contributed by atoms with van der Waals surface area (Å²) in [4.78, 5) is 25.7. The molecular weight excluding hydrogens is 421 g/mol. The molecule has 3 nitrogen and oxygen atoms in total. The van der Waals surface area contributed by atoms with Crippen LogP contribution in [0.5, 0.6) is 0 Å². The van der Waals surface area contributed by atoms with Gasteiger partial charge in [-0.05, 0) is 47.5 Å². The van der Waals surface area contributed by atoms with E-state index < -0.39 is 11.7 Å². The van der Waals surface area contributed by atoms with E-state index in [0.717, 1.165) is 16.0 Å². The largest absolute Gasteiger partial charge is 0.322 e. The molecule has 0 spiro atoms. The minimum Gasteiger partial charge on any atom is -0.322 e. The SMILES string of the molecule is O=C(CSc1ccc(NC(=O)c2ccccc2F)cc1)c1ccc(-c2ccccc2)cc1. The highest BCUT2D eigenvalue weighted by atomic mass is 32.2. The van der Waals surface area contributed by atoms with Gasteiger partial charge in [-0.15, -0.1) is 11.8 Å². The van der Waals surface area contributed by atoms with Gasteiger partial charge in [0.2, 0.25) is 0 Å². The Morgan fingerprint density at radius 2 is 1.34 bits per heavy atom. The van der Waals surface area contributed by atoms with E-state index in [1.54, 1.807) is 18.2 Å². The fourth-order valence-corrected chi connectivity index (χ4v) is 3.98. The number of hydrogen-bond donors (Lipinski definition) is 1. The first-order valence-corrected chi connectivity index (χ1v) is 11.1. The second-order valence-corrected chi connectivity index (χ2v) is 8.16. The van der Waals surface area contributed by atoms with Crippen molar-refractivity contribution in [2.75, 3.05) is 11.1 Å². The third kappa shape index (κ3) is 5.31. The number of rotatable bonds is 7. The average molecular weight is 442 g/mol. The number of Topliss-reactive ketones (excluding diaryl/α,β-unsaturated/α-hetero) is 1. The lowest BCUT2D eigenvalue weighted by atomic mass is 10.0. The fraction of sp³-hybridized carbons (Fsp3) is 0.0370. The zero-order chi connectivity index (χ0) is 22.3. The van der Waals surface area contributed by atoms with Crippen molar-refractivity contribution in [3.05, 3.63) is 120 Å². The molecule has 0 aromatic heterocycles. The van der Waals surface area contributed by atoms with E-state index in [1.807, 2.05) is 66.7 Å². The second kappa shape index (κ2) is 10.1. The zero-order valence-electron chi connectivity index (χ0n) is 17.1. The summed E-state index contributed by atoms with van der Waals surface area (Å²) in [6.07, 6.45) is 0. The molecule has 0 saturated carbocycles. The zero-order valence-corrected chi connectivity index (χ0v) is 17.9. The summed E-state index contributed by atoms with van der Waals surface area (Å²) in [5.41, 5.74) is 3.41. The monoisotopic (exact) mass is 441 g/mol. The molecule has 0 bridgehead atoms. The highest BCUT2D eigenvalue weighted by Crippen LogP contribution is 2.23. The topological polar surface area (TPSA) is 46.2 Å². The van der Waals surface area contributed by atoms with Crippen LogP contribution >= 0.6 is 11.8 Å². The molecule has 0 atom stereocenters. The minimum atomic E-state index is -0.563. The van der Waals surface area contributed by atoms with Gasteiger partial charge in [-0.25, -0.2) is 4.39 Å². The van der Waals surface area contributed by atoms with Gasteiger partial charge in [0.15, 0.2) is 5.78 Å². The van der Waals surface area contributed by atoms with Crippen molar-refractivity contribution in [1.82, 2.24) is 0 Å². The van der Waals surface area contributed by atoms with Gasteiger partial charge in [-0.2, -0.15) is 0 Å². The van der Waals surface area contributed by atoms with Crippen LogP contribution in [0.15, 0.2) is 108 Å². The predicted octanol–water partition coefficient (Wildman–Crippen LogP) is 6.72. The summed E-state index contributed by atoms with van der Waals surface area (Å²) >= 11 is 1.43. The number of hydrogen-bond acceptors (Lipinski definition) is 3. The summed E-state index contributed by atoms with van der Waals surface area (Å²) in [5, 5.41) is 2.68. The molecule has 5 heteroatoms. The number of amides is 1. The Bertz CT molecular complexity index is 1220. The van der Waals surface area contributed by atoms with E-state index >= 15 is 0 Å². The van der Waals surface area contributed by atoms with Gasteiger partial charge in [-0.1, -0.05) is 66.7 Å². The van der Waals surface area contributed by atoms with Gasteiger partial charge in [0, 0.05) is 16.1 Å². The molecule has 1 N–H and O–H groups in total. The van der Waals surface area contributed by atoms with E-state index in [-0.39, 0.29) is 11.3 Å². The number of ketones is 1. The Kier molecular flexibility index (Phi) is 6.78. The first kappa shape index (κ1) is 21.5. The van der Waals surface area contributed by atoms with Crippen molar-refractivity contribution in [3.8, 4) is 11.1 Å². The van der Waals surface area contributed by atoms with Crippen LogP contribution in [0, 0.1) is 5.82 Å². The number of anilines is 1. The Hall–Kier alpha value is -3.70. The van der Waals surface area contributed by atoms with Gasteiger partial charge < -0.3 is 5.32 Å². The second-order valence-electron chi connectivity index (χ2n) is 7.11. The summed E-state index contributed by atoms with van der Waals surface area (Å²) in [6.45, 7) is 0. The van der Waals surface area contributed by atoms with Gasteiger partial charge in [0.05, 0.1) is 11.3 Å². The number of carbonyl (C=O) groups is 2. The molecule has 1 amide bonds. The number of thioether (sulfide) groups is 1. The number of halogens is 1. The quantitative estimate of drug-likeness (QED) is 0.256. The van der Waals surface area contributed by atoms with E-state index in [4.69, 9.17) is 0 Å². The lowest BCUT2D eigenvalue weighted by Gasteiger charge is -2.07. The molecule has 0 saturated heterocycles. The highest BCUT2D eigenvalue weighted by molar-refractivity contribution is 8.00. The van der Waals surface area contributed by atoms with E-state index in [9.17, 15) is 14.0 Å². The van der Waals surface area contributed by atoms with Crippen LogP contribution in [0.4, 0.5) is 10.1 Å². The molecule has 4 aromatic carbocycles. The Morgan fingerprint density at radius 3 is 2.03 bits per heavy atom. The summed E-state index contributed by atoms with van der Waals surface area (Å²) in [7, 11) is 0. The molecule has 0 aliphatic carbocycles. The first-order chi connectivity index (χ1) is 15.6. The van der Waals surface area contributed by atoms with Crippen molar-refractivity contribution in [1.29, 1.82) is 0 Å². The highest BCUT2D eigenvalue weighted by Gasteiger charge is 2.11. The molecule has 0 aliphatic rings. The molecule has 4 aromatic rings. The standard InChI is InChI=1S/C27H20FNO2S/c28-25-9-5-4-8-24(25)27(31)29-22-14-16-23(17-15-22)32-18-26(30)21-12-10-20(11-13-21)19-6-2-1-3-7-19/h1-17H,18H2,(H,29,31). The average Bonchev–Trinajstić information content (AvgIpc) is 2.84. The third-order valence-electron chi connectivity index (χ3n) is 4.91. The number of carbonyl (C=O) groups excluding carboxylic acids is 2. The van der Waals surface area contributed by atoms with Crippen molar-refractivity contribution in [2.24, 2.45) is 0 Å². The lowest BCUT2D eigenvalue weighted by Crippen LogP contribution is -2.13. The van der Waals surface area contributed by atoms with Gasteiger partial charge in [0.25, 0.3) is 5.91 Å². The van der Waals surface area contributed by atoms with E-state index in [0.29, 0.717) is 17.0 Å². The first-order valence-electron chi connectivity index (χ1n) is 10.1. The van der Waals surface area contributed by atoms with Crippen molar-refractivity contribution >= 4 is 29.1 Å². The molecule has 158 valence electrons. The summed E-state index contributed by atoms with van der Waals surface area (Å²) in [5.74, 6) is -0.706. The molecule has 0 aliphatic heterocycles. The molecule has 32 heavy (non-hydrogen) atoms. The number of nitrogens with one attached hydrogen (secondary N) is 1. The molecule has 0 heterocycles. The Labute approximate surface area is 190 Å². The molecular formula is C27H20FNO2S. The molecule has 4 rings (SSSR count). The van der Waals surface area contributed by atoms with Crippen LogP contribution in [-0.2, 0) is 0 Å². The predicted molar refractivity (Wildman–Crippen MR) is 128 cm³/mol. The third-order valence-corrected chi connectivity index (χ3v) is 5.93. The maximum absolute atomic E-state index is 13.7. The van der Waals surface area contributed by atoms with Crippen LogP contribution < -0.4 is 5.32 Å². The number of benzene rings is 4. The molecule has 0 unspecified atom stereocenters. The fourth-order valence-electron chi connectivity index (χ4n) is 3.19. The lowest BCUT2D eigenvalue weighted by molar-refractivity contribution is 0.101. The van der Waals surface area contributed by atoms with Gasteiger partial charge in [0.1, 0.15) is 5.82 Å². The maximum Gasteiger partial charge on any atom is 0.258 e. The Morgan fingerprint density at radius 1 is 0.719 bits per heavy atom. The van der Waals surface area contributed by atoms with E-state index in [1.165, 1.54) is 30.0 Å². The van der Waals surface area contributed by atoms with Crippen LogP contribution in [0.2, 0.25) is 0 Å². The van der Waals surface area contributed by atoms with Crippen LogP contribution in [0.25, 0.3) is 11.1 Å². The Balaban J connectivity index is 1.32. The normalized spacial score (nSPS) is 10.5. The van der Waals surface area contributed by atoms with Crippen LogP contribution in [-0.4, -0.2) is 17.4 Å². The van der Waals surface area contributed by atoms with Crippen molar-refractivity contribution in [2.45, 2.75) is 4.90 Å². The van der Waals surface area contributed by atoms with Crippen LogP contribution in [0.1, 0.15) is 20.7 Å². The summed E-state index contributed by atoms with van der Waals surface area (Å²) in [6, 6.07) is 30.6. The van der Waals surface area contributed by atoms with Gasteiger partial charge >= 0.3 is 0 Å².